The van der Waals surface area contributed by atoms with Crippen molar-refractivity contribution in [1.29, 1.82) is 0 Å². The quantitative estimate of drug-likeness (QED) is 0.314. The number of thiazole rings is 1. The van der Waals surface area contributed by atoms with Gasteiger partial charge < -0.3 is 29.7 Å². The summed E-state index contributed by atoms with van der Waals surface area (Å²) in [6.07, 6.45) is 7.04. The normalized spacial score (nSPS) is 20.2. The van der Waals surface area contributed by atoms with Crippen LogP contribution in [-0.2, 0) is 9.59 Å². The molecule has 0 spiro atoms. The van der Waals surface area contributed by atoms with Crippen LogP contribution in [-0.4, -0.2) is 88.5 Å². The molecule has 2 N–H and O–H groups in total. The molecule has 0 aliphatic heterocycles. The van der Waals surface area contributed by atoms with E-state index in [4.69, 9.17) is 17.3 Å². The summed E-state index contributed by atoms with van der Waals surface area (Å²) in [5.74, 6) is -1.13. The number of nitrogens with one attached hydrogen (secondary N) is 1. The Morgan fingerprint density at radius 1 is 1.14 bits per heavy atom. The van der Waals surface area contributed by atoms with Gasteiger partial charge in [0, 0.05) is 28.6 Å². The van der Waals surface area contributed by atoms with Gasteiger partial charge in [-0.2, -0.15) is 0 Å². The van der Waals surface area contributed by atoms with Crippen molar-refractivity contribution in [3.8, 4) is 0 Å². The van der Waals surface area contributed by atoms with Crippen LogP contribution >= 0.6 is 23.6 Å². The van der Waals surface area contributed by atoms with Crippen molar-refractivity contribution in [2.45, 2.75) is 58.5 Å². The Morgan fingerprint density at radius 3 is 2.25 bits per heavy atom. The summed E-state index contributed by atoms with van der Waals surface area (Å²) in [5.41, 5.74) is 3.79. The zero-order valence-corrected chi connectivity index (χ0v) is 28.0. The van der Waals surface area contributed by atoms with Crippen LogP contribution in [0.2, 0.25) is 0 Å². The number of amides is 2. The first-order chi connectivity index (χ1) is 20.7. The molecule has 2 aliphatic carbocycles. The Labute approximate surface area is 269 Å². The molecule has 11 heteroatoms. The van der Waals surface area contributed by atoms with Crippen molar-refractivity contribution in [2.24, 2.45) is 11.8 Å². The monoisotopic (exact) mass is 640 g/mol. The third-order valence-electron chi connectivity index (χ3n) is 7.78. The van der Waals surface area contributed by atoms with E-state index >= 15 is 0 Å². The van der Waals surface area contributed by atoms with E-state index in [1.807, 2.05) is 19.9 Å². The van der Waals surface area contributed by atoms with E-state index in [-0.39, 0.29) is 40.8 Å². The van der Waals surface area contributed by atoms with Gasteiger partial charge in [-0.05, 0) is 80.9 Å². The minimum atomic E-state index is -1.37. The van der Waals surface area contributed by atoms with E-state index in [9.17, 15) is 19.5 Å². The lowest BCUT2D eigenvalue weighted by Crippen LogP contribution is -2.52. The Kier molecular flexibility index (Phi) is 12.5. The number of aliphatic hydroxyl groups is 1. The number of rotatable bonds is 9. The van der Waals surface area contributed by atoms with Crippen molar-refractivity contribution in [3.63, 3.8) is 0 Å². The number of aliphatic hydroxyl groups excluding tert-OH is 1. The van der Waals surface area contributed by atoms with Crippen LogP contribution in [0.1, 0.15) is 62.5 Å². The molecule has 0 saturated heterocycles. The Bertz CT molecular complexity index is 1370. The number of likely N-dealkylation sites (N-methyl/N-ethyl adjacent to an activating group) is 1. The van der Waals surface area contributed by atoms with Crippen molar-refractivity contribution in [3.05, 3.63) is 64.1 Å². The molecule has 0 bridgehead atoms. The van der Waals surface area contributed by atoms with Crippen molar-refractivity contribution in [1.82, 2.24) is 9.88 Å². The van der Waals surface area contributed by atoms with E-state index in [1.54, 1.807) is 40.1 Å². The molecular formula is C33H44N4O5S2. The van der Waals surface area contributed by atoms with Gasteiger partial charge in [0.2, 0.25) is 5.91 Å². The highest BCUT2D eigenvalue weighted by Crippen LogP contribution is 2.33. The topological polar surface area (TPSA) is 123 Å². The van der Waals surface area contributed by atoms with Crippen LogP contribution in [0.4, 0.5) is 5.69 Å². The average Bonchev–Trinajstić information content (AvgIpc) is 3.50. The number of aromatic nitrogens is 1. The molecule has 1 unspecified atom stereocenters. The maximum atomic E-state index is 13.7. The second-order valence-corrected chi connectivity index (χ2v) is 13.9. The number of carbonyl (C=O) groups excluding carboxylic acids is 3. The number of nitrogens with zero attached hydrogens (tertiary/aromatic N) is 3. The molecule has 4 rings (SSSR count). The number of hydrogen-bond acceptors (Lipinski definition) is 8. The van der Waals surface area contributed by atoms with Crippen LogP contribution in [0.15, 0.2) is 52.9 Å². The molecule has 2 aliphatic rings. The number of quaternary nitrogens is 1. The third-order valence-corrected chi connectivity index (χ3v) is 8.83. The van der Waals surface area contributed by atoms with Gasteiger partial charge in [0.05, 0.1) is 50.1 Å². The van der Waals surface area contributed by atoms with E-state index in [0.717, 1.165) is 42.3 Å². The van der Waals surface area contributed by atoms with Gasteiger partial charge >= 0.3 is 0 Å². The summed E-state index contributed by atoms with van der Waals surface area (Å²) in [7, 11) is 6.16. The first-order valence-electron chi connectivity index (χ1n) is 14.9. The van der Waals surface area contributed by atoms with Crippen LogP contribution in [0.25, 0.3) is 5.57 Å². The van der Waals surface area contributed by atoms with Crippen molar-refractivity contribution < 1.29 is 29.1 Å². The Hall–Kier alpha value is -3.25. The summed E-state index contributed by atoms with van der Waals surface area (Å²) < 4.78 is 0.844. The molecule has 44 heavy (non-hydrogen) atoms. The molecule has 1 saturated carbocycles. The lowest BCUT2D eigenvalue weighted by atomic mass is 9.81. The summed E-state index contributed by atoms with van der Waals surface area (Å²) in [4.78, 5) is 43.9. The number of thiocarbonyl (C=S) groups is 1. The predicted octanol–water partition coefficient (Wildman–Crippen LogP) is 3.96. The number of carboxylic acid groups (broad SMARTS) is 1. The van der Waals surface area contributed by atoms with Gasteiger partial charge in [-0.25, -0.2) is 4.98 Å². The number of carbonyl (C=O) groups is 3. The fraction of sp³-hybridized carbons (Fsp3) is 0.485. The predicted molar refractivity (Wildman–Crippen MR) is 177 cm³/mol. The number of aliphatic carboxylic acids is 1. The molecular weight excluding hydrogens is 597 g/mol. The summed E-state index contributed by atoms with van der Waals surface area (Å²) in [6.45, 7) is 7.18. The number of anilines is 1. The highest BCUT2D eigenvalue weighted by molar-refractivity contribution is 7.81. The van der Waals surface area contributed by atoms with Crippen LogP contribution in [0.3, 0.4) is 0 Å². The van der Waals surface area contributed by atoms with Gasteiger partial charge in [0.25, 0.3) is 5.91 Å². The van der Waals surface area contributed by atoms with Crippen LogP contribution in [0.5, 0.6) is 0 Å². The van der Waals surface area contributed by atoms with E-state index in [1.165, 1.54) is 17.4 Å². The minimum absolute atomic E-state index is 0.0181. The lowest BCUT2D eigenvalue weighted by Gasteiger charge is -2.40. The zero-order chi connectivity index (χ0) is 32.6. The van der Waals surface area contributed by atoms with Crippen LogP contribution < -0.4 is 10.4 Å². The molecule has 1 heterocycles. The lowest BCUT2D eigenvalue weighted by molar-refractivity contribution is -0.870. The smallest absolute Gasteiger partial charge is 0.275 e. The molecule has 9 nitrogen and oxygen atoms in total. The van der Waals surface area contributed by atoms with Gasteiger partial charge in [-0.1, -0.05) is 31.3 Å². The molecule has 2 aromatic rings. The standard InChI is InChI=1S/C28H31N3O4S2.C5H14NO/c1-16(2)31(27(33)19-6-4-17(3)5-7-19)24-13-20(12-22(25(24)36)28(34)35)18-8-10-21(11-9-18)30-26(32)23-14-37-15-29-23;1-6(2,3)4-5-7/h8-17,19,24H,4-7H2,1-3H3,(H,30,32)(H,34,35);7H,4-5H2,1-3H3/q;+1/p-1. The molecule has 1 fully saturated rings. The molecule has 2 amide bonds. The van der Waals surface area contributed by atoms with Gasteiger partial charge in [0.15, 0.2) is 0 Å². The van der Waals surface area contributed by atoms with Gasteiger partial charge in [-0.15, -0.1) is 11.3 Å². The first-order valence-corrected chi connectivity index (χ1v) is 16.3. The van der Waals surface area contributed by atoms with Gasteiger partial charge in [0.1, 0.15) is 12.2 Å². The van der Waals surface area contributed by atoms with Gasteiger partial charge in [-0.3, -0.25) is 9.59 Å². The molecule has 1 aromatic heterocycles. The second-order valence-electron chi connectivity index (χ2n) is 12.7. The largest absolute Gasteiger partial charge is 0.545 e. The number of allylic oxidation sites excluding steroid dienone is 2. The first kappa shape index (κ1) is 35.2. The van der Waals surface area contributed by atoms with Crippen molar-refractivity contribution in [2.75, 3.05) is 39.6 Å². The summed E-state index contributed by atoms with van der Waals surface area (Å²) >= 11 is 6.93. The summed E-state index contributed by atoms with van der Waals surface area (Å²) in [5, 5.41) is 24.9. The number of benzene rings is 1. The highest BCUT2D eigenvalue weighted by atomic mass is 32.1. The Balaban J connectivity index is 0.000000676. The number of hydrogen-bond donors (Lipinski definition) is 2. The zero-order valence-electron chi connectivity index (χ0n) is 26.4. The second kappa shape index (κ2) is 15.7. The van der Waals surface area contributed by atoms with E-state index < -0.39 is 12.0 Å². The maximum absolute atomic E-state index is 13.7. The molecule has 238 valence electrons. The SMILES string of the molecule is CC1CCC(C(=O)N(C(C)C)C2C=C(c3ccc(NC(=O)c4cscn4)cc3)C=C(C(=O)[O-])C2=S)CC1.C[N+](C)(C)CCO. The molecule has 1 aromatic carbocycles. The summed E-state index contributed by atoms with van der Waals surface area (Å²) in [6, 6.07) is 6.23. The Morgan fingerprint density at radius 2 is 1.77 bits per heavy atom. The highest BCUT2D eigenvalue weighted by Gasteiger charge is 2.36. The average molecular weight is 641 g/mol. The molecule has 1 atom stereocenters. The maximum Gasteiger partial charge on any atom is 0.275 e. The fourth-order valence-electron chi connectivity index (χ4n) is 5.22. The van der Waals surface area contributed by atoms with E-state index in [2.05, 4.69) is 38.4 Å². The van der Waals surface area contributed by atoms with Crippen LogP contribution in [0, 0.1) is 11.8 Å². The molecule has 0 radical (unpaired) electrons. The van der Waals surface area contributed by atoms with Crippen molar-refractivity contribution >= 4 is 57.5 Å². The minimum Gasteiger partial charge on any atom is -0.545 e. The third kappa shape index (κ3) is 9.62. The van der Waals surface area contributed by atoms with E-state index in [0.29, 0.717) is 22.9 Å². The fourth-order valence-corrected chi connectivity index (χ4v) is 6.08. The number of carboxylic acids is 1.